The lowest BCUT2D eigenvalue weighted by Gasteiger charge is -2.27. The summed E-state index contributed by atoms with van der Waals surface area (Å²) in [5, 5.41) is 17.6. The van der Waals surface area contributed by atoms with Crippen LogP contribution in [0.1, 0.15) is 40.1 Å². The summed E-state index contributed by atoms with van der Waals surface area (Å²) in [6.45, 7) is 1.37. The number of likely N-dealkylation sites (tertiary alicyclic amines) is 1. The molecule has 0 saturated carbocycles. The molecule has 9 nitrogen and oxygen atoms in total. The number of hydrogen-bond donors (Lipinski definition) is 1. The van der Waals surface area contributed by atoms with Gasteiger partial charge in [-0.3, -0.25) is 24.4 Å². The summed E-state index contributed by atoms with van der Waals surface area (Å²) in [7, 11) is 1.64. The minimum atomic E-state index is -0.563. The molecule has 1 fully saturated rings. The molecular formula is C17H19N5O4. The summed E-state index contributed by atoms with van der Waals surface area (Å²) < 4.78 is 1.43. The van der Waals surface area contributed by atoms with Crippen LogP contribution >= 0.6 is 0 Å². The SMILES string of the molecule is Cn1ncc(NC(=O)c2cccc([N+](=O)[O-])c2)c1C(=O)N1CCCCC1. The predicted molar refractivity (Wildman–Crippen MR) is 94.0 cm³/mol. The minimum absolute atomic E-state index is 0.138. The van der Waals surface area contributed by atoms with Crippen molar-refractivity contribution >= 4 is 23.2 Å². The van der Waals surface area contributed by atoms with Crippen molar-refractivity contribution < 1.29 is 14.5 Å². The van der Waals surface area contributed by atoms with Gasteiger partial charge in [-0.15, -0.1) is 0 Å². The van der Waals surface area contributed by atoms with E-state index in [4.69, 9.17) is 0 Å². The number of benzene rings is 1. The summed E-state index contributed by atoms with van der Waals surface area (Å²) in [6, 6.07) is 5.42. The molecule has 3 rings (SSSR count). The van der Waals surface area contributed by atoms with Gasteiger partial charge in [-0.25, -0.2) is 0 Å². The first kappa shape index (κ1) is 17.6. The molecule has 0 aliphatic carbocycles. The number of nitro groups is 1. The summed E-state index contributed by atoms with van der Waals surface area (Å²) >= 11 is 0. The van der Waals surface area contributed by atoms with Gasteiger partial charge in [-0.2, -0.15) is 5.10 Å². The van der Waals surface area contributed by atoms with Crippen LogP contribution in [-0.2, 0) is 7.05 Å². The molecule has 0 unspecified atom stereocenters. The van der Waals surface area contributed by atoms with Crippen LogP contribution in [0.15, 0.2) is 30.5 Å². The first-order chi connectivity index (χ1) is 12.5. The van der Waals surface area contributed by atoms with Gasteiger partial charge in [0, 0.05) is 37.8 Å². The highest BCUT2D eigenvalue weighted by atomic mass is 16.6. The van der Waals surface area contributed by atoms with Gasteiger partial charge in [0.25, 0.3) is 17.5 Å². The molecule has 26 heavy (non-hydrogen) atoms. The van der Waals surface area contributed by atoms with Gasteiger partial charge < -0.3 is 10.2 Å². The number of rotatable bonds is 4. The molecular weight excluding hydrogens is 338 g/mol. The van der Waals surface area contributed by atoms with Crippen molar-refractivity contribution in [2.75, 3.05) is 18.4 Å². The number of piperidine rings is 1. The van der Waals surface area contributed by atoms with Crippen LogP contribution in [0.4, 0.5) is 11.4 Å². The first-order valence-electron chi connectivity index (χ1n) is 8.34. The molecule has 1 aromatic heterocycles. The average Bonchev–Trinajstić information content (AvgIpc) is 3.02. The zero-order chi connectivity index (χ0) is 18.7. The lowest BCUT2D eigenvalue weighted by molar-refractivity contribution is -0.384. The Morgan fingerprint density at radius 3 is 2.65 bits per heavy atom. The molecule has 2 amide bonds. The van der Waals surface area contributed by atoms with E-state index < -0.39 is 10.8 Å². The number of nitro benzene ring substituents is 1. The third-order valence-corrected chi connectivity index (χ3v) is 4.35. The standard InChI is InChI=1S/C17H19N5O4/c1-20-15(17(24)21-8-3-2-4-9-21)14(11-18-20)19-16(23)12-6-5-7-13(10-12)22(25)26/h5-7,10-11H,2-4,8-9H2,1H3,(H,19,23). The summed E-state index contributed by atoms with van der Waals surface area (Å²) in [5.74, 6) is -0.714. The topological polar surface area (TPSA) is 110 Å². The number of carbonyl (C=O) groups excluding carboxylic acids is 2. The Hall–Kier alpha value is -3.23. The van der Waals surface area contributed by atoms with Crippen LogP contribution in [0.3, 0.4) is 0 Å². The lowest BCUT2D eigenvalue weighted by Crippen LogP contribution is -2.37. The highest BCUT2D eigenvalue weighted by Gasteiger charge is 2.25. The average molecular weight is 357 g/mol. The van der Waals surface area contributed by atoms with E-state index in [0.717, 1.165) is 19.3 Å². The zero-order valence-electron chi connectivity index (χ0n) is 14.3. The number of amides is 2. The van der Waals surface area contributed by atoms with Crippen molar-refractivity contribution in [3.8, 4) is 0 Å². The summed E-state index contributed by atoms with van der Waals surface area (Å²) in [5.41, 5.74) is 0.554. The maximum Gasteiger partial charge on any atom is 0.274 e. The number of hydrogen-bond acceptors (Lipinski definition) is 5. The molecule has 9 heteroatoms. The molecule has 0 atom stereocenters. The maximum absolute atomic E-state index is 12.8. The second kappa shape index (κ2) is 7.34. The Kier molecular flexibility index (Phi) is 4.97. The predicted octanol–water partition coefficient (Wildman–Crippen LogP) is 2.21. The van der Waals surface area contributed by atoms with Gasteiger partial charge in [-0.1, -0.05) is 6.07 Å². The van der Waals surface area contributed by atoms with Crippen molar-refractivity contribution in [2.45, 2.75) is 19.3 Å². The number of aromatic nitrogens is 2. The maximum atomic E-state index is 12.8. The van der Waals surface area contributed by atoms with Crippen LogP contribution in [0.25, 0.3) is 0 Å². The van der Waals surface area contributed by atoms with E-state index in [-0.39, 0.29) is 17.2 Å². The van der Waals surface area contributed by atoms with Crippen LogP contribution in [0.2, 0.25) is 0 Å². The molecule has 2 heterocycles. The molecule has 0 bridgehead atoms. The fourth-order valence-electron chi connectivity index (χ4n) is 2.98. The Bertz CT molecular complexity index is 855. The number of carbonyl (C=O) groups is 2. The van der Waals surface area contributed by atoms with E-state index in [1.165, 1.54) is 35.1 Å². The Balaban J connectivity index is 1.82. The van der Waals surface area contributed by atoms with Crippen molar-refractivity contribution in [3.63, 3.8) is 0 Å². The largest absolute Gasteiger partial charge is 0.337 e. The molecule has 0 radical (unpaired) electrons. The summed E-state index contributed by atoms with van der Waals surface area (Å²) in [6.07, 6.45) is 4.43. The summed E-state index contributed by atoms with van der Waals surface area (Å²) in [4.78, 5) is 37.3. The van der Waals surface area contributed by atoms with Crippen molar-refractivity contribution in [2.24, 2.45) is 7.05 Å². The van der Waals surface area contributed by atoms with Crippen LogP contribution in [0.5, 0.6) is 0 Å². The van der Waals surface area contributed by atoms with Gasteiger partial charge in [0.05, 0.1) is 16.8 Å². The number of nitrogens with one attached hydrogen (secondary N) is 1. The van der Waals surface area contributed by atoms with E-state index in [9.17, 15) is 19.7 Å². The molecule has 1 aromatic carbocycles. The van der Waals surface area contributed by atoms with Crippen LogP contribution in [-0.4, -0.2) is 44.5 Å². The number of non-ortho nitro benzene ring substituents is 1. The monoisotopic (exact) mass is 357 g/mol. The number of nitrogens with zero attached hydrogens (tertiary/aromatic N) is 4. The smallest absolute Gasteiger partial charge is 0.274 e. The second-order valence-electron chi connectivity index (χ2n) is 6.14. The molecule has 0 spiro atoms. The van der Waals surface area contributed by atoms with Crippen molar-refractivity contribution in [1.82, 2.24) is 14.7 Å². The van der Waals surface area contributed by atoms with Gasteiger partial charge in [-0.05, 0) is 25.3 Å². The highest BCUT2D eigenvalue weighted by molar-refractivity contribution is 6.08. The third-order valence-electron chi connectivity index (χ3n) is 4.35. The van der Waals surface area contributed by atoms with Crippen LogP contribution < -0.4 is 5.32 Å². The number of anilines is 1. The molecule has 1 aliphatic rings. The lowest BCUT2D eigenvalue weighted by atomic mass is 10.1. The third kappa shape index (κ3) is 3.56. The number of aryl methyl sites for hydroxylation is 1. The van der Waals surface area contributed by atoms with E-state index >= 15 is 0 Å². The van der Waals surface area contributed by atoms with Gasteiger partial charge in [0.1, 0.15) is 5.69 Å². The van der Waals surface area contributed by atoms with Crippen molar-refractivity contribution in [1.29, 1.82) is 0 Å². The zero-order valence-corrected chi connectivity index (χ0v) is 14.3. The van der Waals surface area contributed by atoms with Crippen LogP contribution in [0, 0.1) is 10.1 Å². The van der Waals surface area contributed by atoms with Crippen molar-refractivity contribution in [3.05, 3.63) is 51.8 Å². The second-order valence-corrected chi connectivity index (χ2v) is 6.14. The Morgan fingerprint density at radius 2 is 1.96 bits per heavy atom. The highest BCUT2D eigenvalue weighted by Crippen LogP contribution is 2.21. The van der Waals surface area contributed by atoms with Gasteiger partial charge >= 0.3 is 0 Å². The Morgan fingerprint density at radius 1 is 1.23 bits per heavy atom. The van der Waals surface area contributed by atoms with E-state index in [2.05, 4.69) is 10.4 Å². The fourth-order valence-corrected chi connectivity index (χ4v) is 2.98. The molecule has 1 saturated heterocycles. The molecule has 136 valence electrons. The Labute approximate surface area is 149 Å². The quantitative estimate of drug-likeness (QED) is 0.666. The van der Waals surface area contributed by atoms with E-state index in [1.807, 2.05) is 0 Å². The molecule has 1 N–H and O–H groups in total. The van der Waals surface area contributed by atoms with Gasteiger partial charge in [0.2, 0.25) is 0 Å². The van der Waals surface area contributed by atoms with Gasteiger partial charge in [0.15, 0.2) is 0 Å². The first-order valence-corrected chi connectivity index (χ1v) is 8.34. The van der Waals surface area contributed by atoms with E-state index in [1.54, 1.807) is 11.9 Å². The molecule has 2 aromatic rings. The minimum Gasteiger partial charge on any atom is -0.337 e. The normalized spacial score (nSPS) is 14.1. The fraction of sp³-hybridized carbons (Fsp3) is 0.353. The van der Waals surface area contributed by atoms with E-state index in [0.29, 0.717) is 24.5 Å². The molecule has 1 aliphatic heterocycles.